The van der Waals surface area contributed by atoms with Crippen LogP contribution in [0.15, 0.2) is 224 Å². The predicted octanol–water partition coefficient (Wildman–Crippen LogP) is 14.6. The van der Waals surface area contributed by atoms with Crippen LogP contribution in [0.5, 0.6) is 0 Å². The standard InChI is InChI=1S/C56H37NS/c1-4-20-38(21-5-1)55(46-31-13-14-32-47(46)56(39-22-6-2-7-23-39)45-30-12-10-26-41(45)43-28-18-34-49(55)53(43)56)48-33-15-16-35-50(48)57(40-24-8-3-9-25-40)51-36-19-29-44-42-27-11-17-37-52(42)58-54(44)51/h1-37H. The van der Waals surface area contributed by atoms with Gasteiger partial charge in [0, 0.05) is 21.2 Å². The maximum absolute atomic E-state index is 2.53. The third kappa shape index (κ3) is 4.36. The fourth-order valence-corrected chi connectivity index (χ4v) is 11.9. The van der Waals surface area contributed by atoms with Gasteiger partial charge in [0.25, 0.3) is 0 Å². The fourth-order valence-electron chi connectivity index (χ4n) is 10.7. The zero-order valence-corrected chi connectivity index (χ0v) is 32.5. The lowest BCUT2D eigenvalue weighted by molar-refractivity contribution is 0.627. The Kier molecular flexibility index (Phi) is 7.30. The Hall–Kier alpha value is -7.00. The van der Waals surface area contributed by atoms with E-state index in [2.05, 4.69) is 229 Å². The van der Waals surface area contributed by atoms with Crippen molar-refractivity contribution >= 4 is 48.6 Å². The molecule has 10 aromatic rings. The maximum Gasteiger partial charge on any atom is 0.0728 e. The molecule has 2 unspecified atom stereocenters. The van der Waals surface area contributed by atoms with Crippen molar-refractivity contribution in [2.24, 2.45) is 0 Å². The monoisotopic (exact) mass is 755 g/mol. The summed E-state index contributed by atoms with van der Waals surface area (Å²) in [5.41, 5.74) is 15.3. The number of rotatable bonds is 6. The maximum atomic E-state index is 2.53. The first kappa shape index (κ1) is 33.2. The molecule has 2 atom stereocenters. The molecule has 9 aromatic carbocycles. The van der Waals surface area contributed by atoms with E-state index in [1.807, 2.05) is 11.3 Å². The van der Waals surface area contributed by atoms with Gasteiger partial charge in [0.05, 0.1) is 26.9 Å². The van der Waals surface area contributed by atoms with E-state index in [-0.39, 0.29) is 0 Å². The van der Waals surface area contributed by atoms with Crippen molar-refractivity contribution in [3.8, 4) is 11.1 Å². The third-order valence-corrected chi connectivity index (χ3v) is 14.0. The summed E-state index contributed by atoms with van der Waals surface area (Å²) in [5.74, 6) is 0. The Labute approximate surface area is 342 Å². The number of para-hydroxylation sites is 2. The molecule has 0 radical (unpaired) electrons. The minimum absolute atomic E-state index is 0.505. The van der Waals surface area contributed by atoms with Gasteiger partial charge in [-0.2, -0.15) is 0 Å². The highest BCUT2D eigenvalue weighted by molar-refractivity contribution is 7.26. The molecule has 0 saturated heterocycles. The molecule has 0 aliphatic heterocycles. The molecule has 0 saturated carbocycles. The van der Waals surface area contributed by atoms with Gasteiger partial charge in [-0.05, 0) is 86.0 Å². The van der Waals surface area contributed by atoms with E-state index in [9.17, 15) is 0 Å². The molecule has 1 heterocycles. The first-order valence-corrected chi connectivity index (χ1v) is 20.9. The molecule has 0 N–H and O–H groups in total. The zero-order chi connectivity index (χ0) is 38.3. The third-order valence-electron chi connectivity index (χ3n) is 12.8. The molecule has 2 heteroatoms. The van der Waals surface area contributed by atoms with Gasteiger partial charge in [-0.15, -0.1) is 11.3 Å². The van der Waals surface area contributed by atoms with Crippen molar-refractivity contribution in [2.45, 2.75) is 10.8 Å². The molecule has 2 aliphatic rings. The number of hydrogen-bond acceptors (Lipinski definition) is 2. The Morgan fingerprint density at radius 3 is 1.59 bits per heavy atom. The van der Waals surface area contributed by atoms with Gasteiger partial charge in [0.15, 0.2) is 0 Å². The van der Waals surface area contributed by atoms with E-state index >= 15 is 0 Å². The van der Waals surface area contributed by atoms with Crippen molar-refractivity contribution in [3.05, 3.63) is 269 Å². The Balaban J connectivity index is 1.25. The number of anilines is 3. The molecule has 12 rings (SSSR count). The van der Waals surface area contributed by atoms with Crippen LogP contribution < -0.4 is 4.90 Å². The van der Waals surface area contributed by atoms with Crippen LogP contribution >= 0.6 is 11.3 Å². The largest absolute Gasteiger partial charge is 0.309 e. The van der Waals surface area contributed by atoms with E-state index in [0.717, 1.165) is 11.4 Å². The van der Waals surface area contributed by atoms with Gasteiger partial charge < -0.3 is 4.90 Å². The van der Waals surface area contributed by atoms with Crippen LogP contribution in [0.2, 0.25) is 0 Å². The molecule has 272 valence electrons. The number of benzene rings is 9. The number of nitrogens with zero attached hydrogens (tertiary/aromatic N) is 1. The Morgan fingerprint density at radius 2 is 0.828 bits per heavy atom. The van der Waals surface area contributed by atoms with Crippen molar-refractivity contribution in [3.63, 3.8) is 0 Å². The molecule has 2 aliphatic carbocycles. The molecular weight excluding hydrogens is 719 g/mol. The molecule has 1 nitrogen and oxygen atoms in total. The van der Waals surface area contributed by atoms with Crippen molar-refractivity contribution in [1.82, 2.24) is 0 Å². The Bertz CT molecular complexity index is 3180. The lowest BCUT2D eigenvalue weighted by Crippen LogP contribution is -2.44. The second-order valence-electron chi connectivity index (χ2n) is 15.5. The van der Waals surface area contributed by atoms with E-state index in [1.54, 1.807) is 0 Å². The summed E-state index contributed by atoms with van der Waals surface area (Å²) in [6, 6.07) is 83.8. The summed E-state index contributed by atoms with van der Waals surface area (Å²) in [7, 11) is 0. The highest BCUT2D eigenvalue weighted by atomic mass is 32.1. The SMILES string of the molecule is c1ccc(N(c2ccccc2C2(c3ccccc3)c3ccccc3C3(c4ccccc4)c4ccccc4-c4cccc2c43)c2cccc3c2sc2ccccc23)cc1. The topological polar surface area (TPSA) is 3.24 Å². The van der Waals surface area contributed by atoms with Crippen LogP contribution in [0.1, 0.15) is 44.5 Å². The number of thiophene rings is 1. The minimum Gasteiger partial charge on any atom is -0.309 e. The van der Waals surface area contributed by atoms with Crippen molar-refractivity contribution < 1.29 is 0 Å². The summed E-state index contributed by atoms with van der Waals surface area (Å²) in [5, 5.41) is 2.58. The highest BCUT2D eigenvalue weighted by Gasteiger charge is 2.58. The average molecular weight is 756 g/mol. The summed E-state index contributed by atoms with van der Waals surface area (Å²) in [4.78, 5) is 2.53. The van der Waals surface area contributed by atoms with E-state index < -0.39 is 10.8 Å². The molecule has 58 heavy (non-hydrogen) atoms. The molecule has 1 aromatic heterocycles. The second kappa shape index (κ2) is 12.8. The number of fused-ring (bicyclic) bond motifs is 8. The van der Waals surface area contributed by atoms with Gasteiger partial charge in [-0.25, -0.2) is 0 Å². The van der Waals surface area contributed by atoms with Crippen LogP contribution in [0.25, 0.3) is 31.3 Å². The first-order valence-electron chi connectivity index (χ1n) is 20.1. The quantitative estimate of drug-likeness (QED) is 0.163. The normalized spacial score (nSPS) is 17.4. The zero-order valence-electron chi connectivity index (χ0n) is 31.7. The highest BCUT2D eigenvalue weighted by Crippen LogP contribution is 2.66. The van der Waals surface area contributed by atoms with Crippen LogP contribution in [0.3, 0.4) is 0 Å². The fraction of sp³-hybridized carbons (Fsp3) is 0.0357. The first-order chi connectivity index (χ1) is 28.8. The van der Waals surface area contributed by atoms with Crippen LogP contribution in [-0.2, 0) is 10.8 Å². The molecule has 0 fully saturated rings. The lowest BCUT2D eigenvalue weighted by Gasteiger charge is -2.50. The van der Waals surface area contributed by atoms with Gasteiger partial charge >= 0.3 is 0 Å². The summed E-state index contributed by atoms with van der Waals surface area (Å²) in [6.07, 6.45) is 0. The van der Waals surface area contributed by atoms with E-state index in [1.165, 1.54) is 81.5 Å². The van der Waals surface area contributed by atoms with Gasteiger partial charge in [0.1, 0.15) is 0 Å². The minimum atomic E-state index is -0.693. The van der Waals surface area contributed by atoms with Gasteiger partial charge in [-0.1, -0.05) is 194 Å². The molecule has 0 amide bonds. The summed E-state index contributed by atoms with van der Waals surface area (Å²) in [6.45, 7) is 0. The van der Waals surface area contributed by atoms with Crippen LogP contribution in [0.4, 0.5) is 17.1 Å². The van der Waals surface area contributed by atoms with Gasteiger partial charge in [-0.3, -0.25) is 0 Å². The second-order valence-corrected chi connectivity index (χ2v) is 16.5. The average Bonchev–Trinajstić information content (AvgIpc) is 3.84. The smallest absolute Gasteiger partial charge is 0.0728 e. The number of hydrogen-bond donors (Lipinski definition) is 0. The Morgan fingerprint density at radius 1 is 0.328 bits per heavy atom. The molecule has 0 spiro atoms. The van der Waals surface area contributed by atoms with E-state index in [0.29, 0.717) is 0 Å². The molecule has 0 bridgehead atoms. The molecular formula is C56H37NS. The van der Waals surface area contributed by atoms with Crippen molar-refractivity contribution in [2.75, 3.05) is 4.90 Å². The van der Waals surface area contributed by atoms with Gasteiger partial charge in [0.2, 0.25) is 0 Å². The summed E-state index contributed by atoms with van der Waals surface area (Å²) >= 11 is 1.88. The van der Waals surface area contributed by atoms with Crippen molar-refractivity contribution in [1.29, 1.82) is 0 Å². The van der Waals surface area contributed by atoms with Crippen LogP contribution in [-0.4, -0.2) is 0 Å². The van der Waals surface area contributed by atoms with Crippen LogP contribution in [0, 0.1) is 0 Å². The summed E-state index contributed by atoms with van der Waals surface area (Å²) < 4.78 is 2.57. The van der Waals surface area contributed by atoms with E-state index in [4.69, 9.17) is 0 Å². The predicted molar refractivity (Wildman–Crippen MR) is 243 cm³/mol. The lowest BCUT2D eigenvalue weighted by atomic mass is 9.51.